The smallest absolute Gasteiger partial charge is 0.344 e. The third kappa shape index (κ3) is 8.40. The number of ether oxygens (including phenoxy) is 2. The molecule has 0 bridgehead atoms. The summed E-state index contributed by atoms with van der Waals surface area (Å²) < 4.78 is 64.3. The highest BCUT2D eigenvalue weighted by Crippen LogP contribution is 2.31. The number of carbonyl (C=O) groups excluding carboxylic acids is 5. The Morgan fingerprint density at radius 1 is 0.654 bits per heavy atom. The van der Waals surface area contributed by atoms with Gasteiger partial charge in [-0.3, -0.25) is 29.0 Å². The Labute approximate surface area is 302 Å². The minimum absolute atomic E-state index is 0.0986. The van der Waals surface area contributed by atoms with E-state index in [0.717, 1.165) is 57.6 Å². The molecular weight excluding hydrogens is 729 g/mol. The fourth-order valence-corrected chi connectivity index (χ4v) is 6.88. The number of rotatable bonds is 12. The highest BCUT2D eigenvalue weighted by molar-refractivity contribution is 7.99. The normalized spacial score (nSPS) is 13.2. The lowest BCUT2D eigenvalue weighted by molar-refractivity contribution is -0.145. The number of hydrogen-bond donors (Lipinski definition) is 1. The van der Waals surface area contributed by atoms with E-state index in [-0.39, 0.29) is 64.6 Å². The second-order valence-corrected chi connectivity index (χ2v) is 13.2. The zero-order chi connectivity index (χ0) is 37.5. The molecule has 0 saturated heterocycles. The van der Waals surface area contributed by atoms with E-state index in [0.29, 0.717) is 22.3 Å². The van der Waals surface area contributed by atoms with Crippen LogP contribution in [-0.2, 0) is 9.53 Å². The maximum Gasteiger partial charge on any atom is 0.344 e. The summed E-state index contributed by atoms with van der Waals surface area (Å²) in [6.07, 6.45) is 0. The Morgan fingerprint density at radius 2 is 1.02 bits per heavy atom. The number of thioether (sulfide) groups is 2. The minimum Gasteiger partial charge on any atom is -0.503 e. The molecule has 52 heavy (non-hydrogen) atoms. The number of aromatic hydroxyl groups is 1. The summed E-state index contributed by atoms with van der Waals surface area (Å²) in [5.74, 6) is -7.39. The molecule has 0 fully saturated rings. The van der Waals surface area contributed by atoms with E-state index in [1.165, 1.54) is 0 Å². The highest BCUT2D eigenvalue weighted by atomic mass is 32.2. The number of phenolic OH excluding ortho intramolecular Hbond substituents is 1. The highest BCUT2D eigenvalue weighted by Gasteiger charge is 2.35. The fourth-order valence-electron chi connectivity index (χ4n) is 5.11. The molecule has 0 unspecified atom stereocenters. The first-order chi connectivity index (χ1) is 24.9. The largest absolute Gasteiger partial charge is 0.503 e. The Bertz CT molecular complexity index is 1950. The third-order valence-electron chi connectivity index (χ3n) is 7.53. The third-order valence-corrected chi connectivity index (χ3v) is 9.44. The number of halogens is 4. The van der Waals surface area contributed by atoms with Gasteiger partial charge in [0.1, 0.15) is 0 Å². The van der Waals surface area contributed by atoms with Gasteiger partial charge in [-0.15, -0.1) is 23.5 Å². The van der Waals surface area contributed by atoms with Gasteiger partial charge in [0.2, 0.25) is 0 Å². The molecule has 0 saturated carbocycles. The van der Waals surface area contributed by atoms with E-state index < -0.39 is 47.3 Å². The van der Waals surface area contributed by atoms with Gasteiger partial charge < -0.3 is 14.6 Å². The van der Waals surface area contributed by atoms with E-state index in [9.17, 15) is 41.5 Å². The van der Waals surface area contributed by atoms with Crippen molar-refractivity contribution >= 4 is 53.1 Å². The van der Waals surface area contributed by atoms with Crippen molar-refractivity contribution in [1.82, 2.24) is 9.80 Å². The summed E-state index contributed by atoms with van der Waals surface area (Å²) in [6.45, 7) is 1.36. The second-order valence-electron chi connectivity index (χ2n) is 10.9. The Kier molecular flexibility index (Phi) is 12.2. The fraction of sp³-hybridized carbons (Fsp3) is 0.194. The first-order valence-corrected chi connectivity index (χ1v) is 17.5. The Hall–Kier alpha value is -5.35. The van der Waals surface area contributed by atoms with Crippen LogP contribution < -0.4 is 4.74 Å². The molecule has 0 aromatic heterocycles. The predicted octanol–water partition coefficient (Wildman–Crippen LogP) is 6.35. The minimum atomic E-state index is -1.05. The molecule has 2 heterocycles. The molecule has 16 heteroatoms. The van der Waals surface area contributed by atoms with Crippen LogP contribution in [0.5, 0.6) is 11.5 Å². The summed E-state index contributed by atoms with van der Waals surface area (Å²) in [4.78, 5) is 62.9. The van der Waals surface area contributed by atoms with Crippen molar-refractivity contribution in [3.05, 3.63) is 118 Å². The molecule has 4 amide bonds. The summed E-state index contributed by atoms with van der Waals surface area (Å²) in [5, 5.41) is 9.04. The molecule has 2 aliphatic rings. The van der Waals surface area contributed by atoms with Gasteiger partial charge in [0, 0.05) is 34.4 Å². The number of fused-ring (bicyclic) bond motifs is 2. The molecule has 10 nitrogen and oxygen atoms in total. The van der Waals surface area contributed by atoms with Crippen molar-refractivity contribution in [2.45, 2.75) is 16.7 Å². The summed E-state index contributed by atoms with van der Waals surface area (Å²) >= 11 is 2.18. The molecule has 4 aromatic carbocycles. The topological polar surface area (TPSA) is 131 Å². The van der Waals surface area contributed by atoms with Gasteiger partial charge in [-0.05, 0) is 55.5 Å². The van der Waals surface area contributed by atoms with Crippen LogP contribution >= 0.6 is 23.5 Å². The van der Waals surface area contributed by atoms with Crippen LogP contribution in [0.4, 0.5) is 17.6 Å². The lowest BCUT2D eigenvalue weighted by Gasteiger charge is -2.14. The standard InChI is InChI=1S/C20H17F2NO5S.C16H11F2NO3S/c1-2-27-17(24)11-28-18-15(21)9-12(10-16(18)22)29-8-7-23-19(25)13-5-3-4-6-14(13)20(23)26;17-12-7-9(8-13(18)14(12)20)23-6-5-19-15(21)10-3-1-2-4-11(10)16(19)22/h3-6,9-10H,2,7-8,11H2,1H3;1-4,7-8,20H,5-6H2. The molecule has 0 aliphatic carbocycles. The quantitative estimate of drug-likeness (QED) is 0.0755. The van der Waals surface area contributed by atoms with Crippen molar-refractivity contribution < 1.29 is 56.1 Å². The molecular formula is C36H28F4N2O8S2. The molecule has 4 aromatic rings. The molecule has 0 atom stereocenters. The van der Waals surface area contributed by atoms with Gasteiger partial charge in [-0.1, -0.05) is 24.3 Å². The number of hydrogen-bond acceptors (Lipinski definition) is 10. The maximum absolute atomic E-state index is 14.1. The predicted molar refractivity (Wildman–Crippen MR) is 182 cm³/mol. The van der Waals surface area contributed by atoms with Gasteiger partial charge in [0.25, 0.3) is 23.6 Å². The summed E-state index contributed by atoms with van der Waals surface area (Å²) in [6, 6.07) is 17.2. The van der Waals surface area contributed by atoms with Crippen molar-refractivity contribution in [2.24, 2.45) is 0 Å². The first kappa shape index (κ1) is 37.9. The molecule has 2 aliphatic heterocycles. The average Bonchev–Trinajstić information content (AvgIpc) is 3.51. The maximum atomic E-state index is 14.1. The Morgan fingerprint density at radius 3 is 1.38 bits per heavy atom. The van der Waals surface area contributed by atoms with E-state index in [4.69, 9.17) is 9.84 Å². The summed E-state index contributed by atoms with van der Waals surface area (Å²) in [5.41, 5.74) is 1.43. The van der Waals surface area contributed by atoms with Crippen molar-refractivity contribution in [3.8, 4) is 11.5 Å². The van der Waals surface area contributed by atoms with Crippen LogP contribution in [0, 0.1) is 23.3 Å². The van der Waals surface area contributed by atoms with Gasteiger partial charge in [0.15, 0.2) is 41.4 Å². The number of phenols is 1. The van der Waals surface area contributed by atoms with Gasteiger partial charge in [-0.25, -0.2) is 22.4 Å². The van der Waals surface area contributed by atoms with Crippen LogP contribution in [0.3, 0.4) is 0 Å². The second kappa shape index (κ2) is 16.8. The van der Waals surface area contributed by atoms with E-state index in [1.54, 1.807) is 55.5 Å². The van der Waals surface area contributed by atoms with Gasteiger partial charge in [0.05, 0.1) is 28.9 Å². The number of benzene rings is 4. The first-order valence-electron chi connectivity index (χ1n) is 15.5. The van der Waals surface area contributed by atoms with Crippen LogP contribution in [0.15, 0.2) is 82.6 Å². The van der Waals surface area contributed by atoms with E-state index >= 15 is 0 Å². The van der Waals surface area contributed by atoms with Crippen LogP contribution in [0.2, 0.25) is 0 Å². The van der Waals surface area contributed by atoms with Crippen LogP contribution in [0.1, 0.15) is 48.4 Å². The number of nitrogens with zero attached hydrogens (tertiary/aromatic N) is 2. The zero-order valence-corrected chi connectivity index (χ0v) is 28.8. The van der Waals surface area contributed by atoms with Gasteiger partial charge >= 0.3 is 5.97 Å². The summed E-state index contributed by atoms with van der Waals surface area (Å²) in [7, 11) is 0. The van der Waals surface area contributed by atoms with Crippen LogP contribution in [0.25, 0.3) is 0 Å². The molecule has 6 rings (SSSR count). The zero-order valence-electron chi connectivity index (χ0n) is 27.2. The number of amides is 4. The SMILES string of the molecule is CCOC(=O)COc1c(F)cc(SCCN2C(=O)c3ccccc3C2=O)cc1F.O=C1c2ccccc2C(=O)N1CCSc1cc(F)c(O)c(F)c1. The lowest BCUT2D eigenvalue weighted by atomic mass is 10.1. The molecule has 270 valence electrons. The number of esters is 1. The molecule has 0 spiro atoms. The van der Waals surface area contributed by atoms with Crippen molar-refractivity contribution in [3.63, 3.8) is 0 Å². The van der Waals surface area contributed by atoms with Crippen molar-refractivity contribution in [2.75, 3.05) is 37.8 Å². The lowest BCUT2D eigenvalue weighted by Crippen LogP contribution is -2.31. The molecule has 0 radical (unpaired) electrons. The van der Waals surface area contributed by atoms with E-state index in [1.807, 2.05) is 0 Å². The van der Waals surface area contributed by atoms with Crippen molar-refractivity contribution in [1.29, 1.82) is 0 Å². The number of carbonyl (C=O) groups is 5. The van der Waals surface area contributed by atoms with E-state index in [2.05, 4.69) is 4.74 Å². The average molecular weight is 757 g/mol. The molecule has 1 N–H and O–H groups in total. The monoisotopic (exact) mass is 756 g/mol. The number of imide groups is 2. The van der Waals surface area contributed by atoms with Gasteiger partial charge in [-0.2, -0.15) is 0 Å². The van der Waals surface area contributed by atoms with Crippen LogP contribution in [-0.4, -0.2) is 82.3 Å². The Balaban J connectivity index is 0.000000206.